The van der Waals surface area contributed by atoms with E-state index in [2.05, 4.69) is 0 Å². The Labute approximate surface area is 122 Å². The van der Waals surface area contributed by atoms with Crippen molar-refractivity contribution in [2.75, 3.05) is 13.1 Å². The Morgan fingerprint density at radius 1 is 1.48 bits per heavy atom. The lowest BCUT2D eigenvalue weighted by Crippen LogP contribution is -2.30. The topological polar surface area (TPSA) is 123 Å². The molecule has 2 rings (SSSR count). The van der Waals surface area contributed by atoms with E-state index in [9.17, 15) is 18.0 Å². The molecule has 1 aromatic rings. The van der Waals surface area contributed by atoms with Crippen molar-refractivity contribution in [2.45, 2.75) is 17.7 Å². The van der Waals surface area contributed by atoms with Crippen LogP contribution in [0.1, 0.15) is 23.3 Å². The number of hydrogen-bond donors (Lipinski definition) is 2. The number of primary sulfonamides is 1. The third-order valence-electron chi connectivity index (χ3n) is 3.56. The molecule has 21 heavy (non-hydrogen) atoms. The van der Waals surface area contributed by atoms with Crippen molar-refractivity contribution in [1.29, 1.82) is 0 Å². The van der Waals surface area contributed by atoms with E-state index in [0.717, 1.165) is 0 Å². The third kappa shape index (κ3) is 3.42. The van der Waals surface area contributed by atoms with Gasteiger partial charge in [0, 0.05) is 32.8 Å². The molecular weight excluding hydrogens is 298 g/mol. The zero-order valence-electron chi connectivity index (χ0n) is 11.5. The number of nitrogens with zero attached hydrogens (tertiary/aromatic N) is 2. The van der Waals surface area contributed by atoms with Crippen LogP contribution in [0.4, 0.5) is 0 Å². The molecule has 1 fully saturated rings. The predicted octanol–water partition coefficient (Wildman–Crippen LogP) is -0.391. The normalized spacial score (nSPS) is 19.0. The average molecular weight is 315 g/mol. The van der Waals surface area contributed by atoms with Crippen LogP contribution in [0, 0.1) is 5.92 Å². The highest BCUT2D eigenvalue weighted by Gasteiger charge is 2.30. The molecule has 1 amide bonds. The second-order valence-electron chi connectivity index (χ2n) is 5.22. The number of rotatable bonds is 4. The van der Waals surface area contributed by atoms with Crippen molar-refractivity contribution >= 4 is 21.9 Å². The van der Waals surface area contributed by atoms with Crippen molar-refractivity contribution in [3.05, 3.63) is 18.0 Å². The van der Waals surface area contributed by atoms with Crippen LogP contribution in [0.2, 0.25) is 0 Å². The highest BCUT2D eigenvalue weighted by atomic mass is 32.2. The molecule has 0 aliphatic carbocycles. The smallest absolute Gasteiger partial charge is 0.303 e. The molecule has 0 spiro atoms. The number of aliphatic carboxylic acids is 1. The minimum atomic E-state index is -3.86. The van der Waals surface area contributed by atoms with E-state index < -0.39 is 16.0 Å². The van der Waals surface area contributed by atoms with Crippen molar-refractivity contribution < 1.29 is 23.1 Å². The highest BCUT2D eigenvalue weighted by Crippen LogP contribution is 2.22. The maximum atomic E-state index is 12.4. The first-order valence-corrected chi connectivity index (χ1v) is 7.93. The first-order valence-electron chi connectivity index (χ1n) is 6.38. The van der Waals surface area contributed by atoms with E-state index in [-0.39, 0.29) is 28.8 Å². The lowest BCUT2D eigenvalue weighted by molar-refractivity contribution is -0.138. The van der Waals surface area contributed by atoms with Crippen LogP contribution in [0.5, 0.6) is 0 Å². The minimum Gasteiger partial charge on any atom is -0.481 e. The van der Waals surface area contributed by atoms with Crippen molar-refractivity contribution in [3.63, 3.8) is 0 Å². The van der Waals surface area contributed by atoms with Crippen LogP contribution >= 0.6 is 0 Å². The zero-order valence-corrected chi connectivity index (χ0v) is 12.3. The molecule has 0 saturated carbocycles. The lowest BCUT2D eigenvalue weighted by Gasteiger charge is -2.16. The van der Waals surface area contributed by atoms with Gasteiger partial charge in [0.25, 0.3) is 5.91 Å². The van der Waals surface area contributed by atoms with Gasteiger partial charge in [-0.05, 0) is 18.4 Å². The number of aryl methyl sites for hydroxylation is 1. The van der Waals surface area contributed by atoms with Gasteiger partial charge >= 0.3 is 5.97 Å². The summed E-state index contributed by atoms with van der Waals surface area (Å²) >= 11 is 0. The van der Waals surface area contributed by atoms with Gasteiger partial charge in [0.2, 0.25) is 10.0 Å². The van der Waals surface area contributed by atoms with Crippen molar-refractivity contribution in [1.82, 2.24) is 9.47 Å². The van der Waals surface area contributed by atoms with Gasteiger partial charge in [-0.3, -0.25) is 9.59 Å². The van der Waals surface area contributed by atoms with Gasteiger partial charge in [0.05, 0.1) is 0 Å². The molecule has 0 bridgehead atoms. The number of aromatic nitrogens is 1. The minimum absolute atomic E-state index is 0.0271. The largest absolute Gasteiger partial charge is 0.481 e. The fraction of sp³-hybridized carbons (Fsp3) is 0.500. The molecule has 3 N–H and O–H groups in total. The number of carboxylic acids is 1. The summed E-state index contributed by atoms with van der Waals surface area (Å²) in [4.78, 5) is 24.5. The Kier molecular flexibility index (Phi) is 4.06. The van der Waals surface area contributed by atoms with Gasteiger partial charge in [0.1, 0.15) is 10.6 Å². The number of carboxylic acid groups (broad SMARTS) is 1. The Bertz CT molecular complexity index is 679. The highest BCUT2D eigenvalue weighted by molar-refractivity contribution is 7.89. The van der Waals surface area contributed by atoms with Gasteiger partial charge in [-0.25, -0.2) is 13.6 Å². The molecule has 1 unspecified atom stereocenters. The number of carbonyl (C=O) groups is 2. The summed E-state index contributed by atoms with van der Waals surface area (Å²) < 4.78 is 24.0. The Hall–Kier alpha value is -1.87. The number of hydrogen-bond acceptors (Lipinski definition) is 4. The number of sulfonamides is 1. The number of carbonyl (C=O) groups excluding carboxylic acids is 1. The van der Waals surface area contributed by atoms with Crippen LogP contribution in [0.3, 0.4) is 0 Å². The van der Waals surface area contributed by atoms with E-state index in [1.165, 1.54) is 21.7 Å². The van der Waals surface area contributed by atoms with Gasteiger partial charge in [-0.15, -0.1) is 0 Å². The summed E-state index contributed by atoms with van der Waals surface area (Å²) in [5.74, 6) is -1.27. The van der Waals surface area contributed by atoms with Crippen LogP contribution in [0.15, 0.2) is 17.2 Å². The van der Waals surface area contributed by atoms with E-state index >= 15 is 0 Å². The quantitative estimate of drug-likeness (QED) is 0.783. The summed E-state index contributed by atoms with van der Waals surface area (Å²) in [5.41, 5.74) is 0.218. The second-order valence-corrected chi connectivity index (χ2v) is 6.78. The zero-order chi connectivity index (χ0) is 15.8. The molecule has 8 nitrogen and oxygen atoms in total. The molecule has 0 aromatic carbocycles. The molecule has 1 saturated heterocycles. The number of nitrogens with two attached hydrogens (primary N) is 1. The van der Waals surface area contributed by atoms with Crippen LogP contribution in [0.25, 0.3) is 0 Å². The Balaban J connectivity index is 2.15. The Morgan fingerprint density at radius 2 is 2.14 bits per heavy atom. The first kappa shape index (κ1) is 15.5. The molecule has 0 radical (unpaired) electrons. The second kappa shape index (κ2) is 5.49. The first-order chi connectivity index (χ1) is 9.68. The molecular formula is C12H17N3O5S. The summed E-state index contributed by atoms with van der Waals surface area (Å²) in [7, 11) is -2.30. The summed E-state index contributed by atoms with van der Waals surface area (Å²) in [6, 6.07) is 1.24. The van der Waals surface area contributed by atoms with Gasteiger partial charge in [-0.2, -0.15) is 0 Å². The van der Waals surface area contributed by atoms with Crippen LogP contribution in [-0.2, 0) is 21.9 Å². The van der Waals surface area contributed by atoms with E-state index in [1.54, 1.807) is 7.05 Å². The summed E-state index contributed by atoms with van der Waals surface area (Å²) in [5, 5.41) is 13.8. The molecule has 9 heteroatoms. The monoisotopic (exact) mass is 315 g/mol. The molecule has 2 heterocycles. The fourth-order valence-electron chi connectivity index (χ4n) is 2.50. The van der Waals surface area contributed by atoms with Crippen LogP contribution in [-0.4, -0.2) is 48.0 Å². The standard InChI is InChI=1S/C12H17N3O5S/c1-14-7-9(21(13,19)20)5-10(14)12(18)15-3-2-8(6-15)4-11(16)17/h5,7-8H,2-4,6H2,1H3,(H,16,17)(H2,13,19,20). The van der Waals surface area contributed by atoms with Crippen molar-refractivity contribution in [3.8, 4) is 0 Å². The maximum absolute atomic E-state index is 12.4. The van der Waals surface area contributed by atoms with Crippen LogP contribution < -0.4 is 5.14 Å². The average Bonchev–Trinajstić information content (AvgIpc) is 2.93. The Morgan fingerprint density at radius 3 is 2.67 bits per heavy atom. The van der Waals surface area contributed by atoms with Gasteiger partial charge in [-0.1, -0.05) is 0 Å². The summed E-state index contributed by atoms with van der Waals surface area (Å²) in [6.45, 7) is 0.827. The number of amides is 1. The predicted molar refractivity (Wildman–Crippen MR) is 73.0 cm³/mol. The molecule has 116 valence electrons. The molecule has 1 aliphatic heterocycles. The van der Waals surface area contributed by atoms with Crippen molar-refractivity contribution in [2.24, 2.45) is 18.1 Å². The summed E-state index contributed by atoms with van der Waals surface area (Å²) in [6.07, 6.45) is 1.94. The maximum Gasteiger partial charge on any atom is 0.303 e. The van der Waals surface area contributed by atoms with Gasteiger partial charge < -0.3 is 14.6 Å². The fourth-order valence-corrected chi connectivity index (χ4v) is 3.08. The van der Waals surface area contributed by atoms with E-state index in [4.69, 9.17) is 10.2 Å². The van der Waals surface area contributed by atoms with Gasteiger partial charge in [0.15, 0.2) is 0 Å². The van der Waals surface area contributed by atoms with E-state index in [1.807, 2.05) is 0 Å². The molecule has 1 aromatic heterocycles. The molecule has 1 atom stereocenters. The SMILES string of the molecule is Cn1cc(S(N)(=O)=O)cc1C(=O)N1CCC(CC(=O)O)C1. The molecule has 1 aliphatic rings. The number of likely N-dealkylation sites (tertiary alicyclic amines) is 1. The third-order valence-corrected chi connectivity index (χ3v) is 4.44. The lowest BCUT2D eigenvalue weighted by atomic mass is 10.1. The van der Waals surface area contributed by atoms with E-state index in [0.29, 0.717) is 19.5 Å².